The Hall–Kier alpha value is -2.15. The summed E-state index contributed by atoms with van der Waals surface area (Å²) in [6.07, 6.45) is -0.125. The van der Waals surface area contributed by atoms with Crippen LogP contribution in [0.25, 0.3) is 0 Å². The van der Waals surface area contributed by atoms with Crippen LogP contribution in [0.5, 0.6) is 5.75 Å². The number of nitrogens with zero attached hydrogens (tertiary/aromatic N) is 1. The zero-order valence-corrected chi connectivity index (χ0v) is 11.0. The topological polar surface area (TPSA) is 98.9 Å². The van der Waals surface area contributed by atoms with E-state index >= 15 is 0 Å². The van der Waals surface area contributed by atoms with Crippen molar-refractivity contribution in [2.45, 2.75) is 18.8 Å². The number of hydrogen-bond donors (Lipinski definition) is 1. The van der Waals surface area contributed by atoms with Crippen LogP contribution >= 0.6 is 0 Å². The maximum Gasteiger partial charge on any atom is 0.304 e. The number of benzene rings is 1. The molecule has 0 spiro atoms. The normalized spacial score (nSPS) is 16.2. The Bertz CT molecular complexity index is 538. The van der Waals surface area contributed by atoms with Crippen molar-refractivity contribution in [1.29, 1.82) is 0 Å². The van der Waals surface area contributed by atoms with Crippen molar-refractivity contribution in [3.8, 4) is 5.75 Å². The molecule has 1 saturated heterocycles. The fraction of sp³-hybridized carbons (Fsp3) is 0.462. The molecule has 1 heterocycles. The zero-order chi connectivity index (χ0) is 14.8. The Morgan fingerprint density at radius 1 is 1.50 bits per heavy atom. The van der Waals surface area contributed by atoms with Gasteiger partial charge in [-0.1, -0.05) is 0 Å². The molecule has 0 radical (unpaired) electrons. The van der Waals surface area contributed by atoms with Gasteiger partial charge in [0.15, 0.2) is 0 Å². The molecule has 20 heavy (non-hydrogen) atoms. The van der Waals surface area contributed by atoms with Crippen molar-refractivity contribution in [3.63, 3.8) is 0 Å². The van der Waals surface area contributed by atoms with E-state index in [0.717, 1.165) is 0 Å². The number of carbonyl (C=O) groups is 1. The van der Waals surface area contributed by atoms with E-state index in [4.69, 9.17) is 14.6 Å². The monoisotopic (exact) mass is 281 g/mol. The van der Waals surface area contributed by atoms with Crippen molar-refractivity contribution in [2.24, 2.45) is 0 Å². The van der Waals surface area contributed by atoms with Crippen molar-refractivity contribution in [1.82, 2.24) is 0 Å². The van der Waals surface area contributed by atoms with E-state index in [1.54, 1.807) is 13.0 Å². The van der Waals surface area contributed by atoms with Crippen LogP contribution < -0.4 is 4.74 Å². The van der Waals surface area contributed by atoms with Gasteiger partial charge < -0.3 is 14.6 Å². The summed E-state index contributed by atoms with van der Waals surface area (Å²) in [7, 11) is 0. The molecule has 0 aromatic heterocycles. The number of aliphatic carboxylic acids is 1. The van der Waals surface area contributed by atoms with Crippen LogP contribution in [0.2, 0.25) is 0 Å². The van der Waals surface area contributed by atoms with Gasteiger partial charge in [0.25, 0.3) is 5.69 Å². The molecule has 1 aromatic carbocycles. The lowest BCUT2D eigenvalue weighted by molar-refractivity contribution is -0.385. The third-order valence-corrected chi connectivity index (χ3v) is 3.27. The van der Waals surface area contributed by atoms with Crippen LogP contribution in [0.1, 0.15) is 18.9 Å². The largest absolute Gasteiger partial charge is 0.494 e. The highest BCUT2D eigenvalue weighted by Gasteiger charge is 2.43. The molecular formula is C13H15NO6. The molecule has 1 aliphatic heterocycles. The molecule has 108 valence electrons. The number of hydrogen-bond acceptors (Lipinski definition) is 5. The van der Waals surface area contributed by atoms with E-state index in [0.29, 0.717) is 17.9 Å². The first kappa shape index (κ1) is 14.3. The minimum atomic E-state index is -0.960. The van der Waals surface area contributed by atoms with Gasteiger partial charge in [-0.15, -0.1) is 0 Å². The summed E-state index contributed by atoms with van der Waals surface area (Å²) >= 11 is 0. The molecular weight excluding hydrogens is 266 g/mol. The van der Waals surface area contributed by atoms with E-state index in [1.807, 2.05) is 0 Å². The van der Waals surface area contributed by atoms with Crippen LogP contribution in [0, 0.1) is 10.1 Å². The van der Waals surface area contributed by atoms with E-state index in [1.165, 1.54) is 12.1 Å². The number of carboxylic acids is 1. The molecule has 7 nitrogen and oxygen atoms in total. The number of carboxylic acid groups (broad SMARTS) is 1. The van der Waals surface area contributed by atoms with Crippen molar-refractivity contribution >= 4 is 11.7 Å². The minimum Gasteiger partial charge on any atom is -0.494 e. The number of nitro benzene ring substituents is 1. The minimum absolute atomic E-state index is 0.109. The Balaban J connectivity index is 2.43. The van der Waals surface area contributed by atoms with Gasteiger partial charge in [0.1, 0.15) is 5.75 Å². The first-order valence-electron chi connectivity index (χ1n) is 6.19. The van der Waals surface area contributed by atoms with Crippen molar-refractivity contribution in [3.05, 3.63) is 33.9 Å². The first-order valence-corrected chi connectivity index (χ1v) is 6.19. The summed E-state index contributed by atoms with van der Waals surface area (Å²) in [6, 6.07) is 4.39. The first-order chi connectivity index (χ1) is 9.47. The average Bonchev–Trinajstić information content (AvgIpc) is 2.33. The SMILES string of the molecule is CCOc1cc([N+](=O)[O-])cc(C2(CC(=O)O)COC2)c1. The second-order valence-corrected chi connectivity index (χ2v) is 4.75. The second-order valence-electron chi connectivity index (χ2n) is 4.75. The molecule has 0 aliphatic carbocycles. The molecule has 1 aliphatic rings. The molecule has 0 saturated carbocycles. The number of rotatable bonds is 6. The predicted molar refractivity (Wildman–Crippen MR) is 69.0 cm³/mol. The summed E-state index contributed by atoms with van der Waals surface area (Å²) in [6.45, 7) is 2.64. The Morgan fingerprint density at radius 3 is 2.65 bits per heavy atom. The maximum atomic E-state index is 11.0. The van der Waals surface area contributed by atoms with Crippen LogP contribution in [0.3, 0.4) is 0 Å². The molecule has 2 rings (SSSR count). The molecule has 1 fully saturated rings. The summed E-state index contributed by atoms with van der Waals surface area (Å²) < 4.78 is 10.4. The van der Waals surface area contributed by atoms with Crippen LogP contribution in [-0.4, -0.2) is 35.8 Å². The quantitative estimate of drug-likeness (QED) is 0.629. The standard InChI is InChI=1S/C13H15NO6/c1-2-20-11-4-9(3-10(5-11)14(17)18)13(6-12(15)16)7-19-8-13/h3-5H,2,6-8H2,1H3,(H,15,16). The van der Waals surface area contributed by atoms with Gasteiger partial charge in [-0.2, -0.15) is 0 Å². The molecule has 1 N–H and O–H groups in total. The fourth-order valence-corrected chi connectivity index (χ4v) is 2.25. The van der Waals surface area contributed by atoms with Gasteiger partial charge in [0.05, 0.1) is 42.6 Å². The van der Waals surface area contributed by atoms with Gasteiger partial charge in [0.2, 0.25) is 0 Å². The van der Waals surface area contributed by atoms with E-state index < -0.39 is 16.3 Å². The lowest BCUT2D eigenvalue weighted by Gasteiger charge is -2.40. The molecule has 0 amide bonds. The lowest BCUT2D eigenvalue weighted by atomic mass is 9.75. The van der Waals surface area contributed by atoms with Crippen molar-refractivity contribution in [2.75, 3.05) is 19.8 Å². The third-order valence-electron chi connectivity index (χ3n) is 3.27. The van der Waals surface area contributed by atoms with Crippen molar-refractivity contribution < 1.29 is 24.3 Å². The molecule has 0 unspecified atom stereocenters. The lowest BCUT2D eigenvalue weighted by Crippen LogP contribution is -2.48. The van der Waals surface area contributed by atoms with Crippen LogP contribution in [0.4, 0.5) is 5.69 Å². The van der Waals surface area contributed by atoms with Gasteiger partial charge in [-0.3, -0.25) is 14.9 Å². The van der Waals surface area contributed by atoms with Crippen LogP contribution in [0.15, 0.2) is 18.2 Å². The van der Waals surface area contributed by atoms with Gasteiger partial charge in [0, 0.05) is 6.07 Å². The Labute approximate surface area is 115 Å². The number of nitro groups is 1. The molecule has 0 bridgehead atoms. The molecule has 0 atom stereocenters. The number of ether oxygens (including phenoxy) is 2. The van der Waals surface area contributed by atoms with Gasteiger partial charge in [-0.25, -0.2) is 0 Å². The molecule has 1 aromatic rings. The van der Waals surface area contributed by atoms with E-state index in [-0.39, 0.29) is 25.3 Å². The maximum absolute atomic E-state index is 11.0. The Kier molecular flexibility index (Phi) is 3.89. The third kappa shape index (κ3) is 2.72. The van der Waals surface area contributed by atoms with Gasteiger partial charge in [-0.05, 0) is 18.6 Å². The highest BCUT2D eigenvalue weighted by molar-refractivity contribution is 5.70. The van der Waals surface area contributed by atoms with E-state index in [9.17, 15) is 14.9 Å². The fourth-order valence-electron chi connectivity index (χ4n) is 2.25. The van der Waals surface area contributed by atoms with Gasteiger partial charge >= 0.3 is 5.97 Å². The van der Waals surface area contributed by atoms with E-state index in [2.05, 4.69) is 0 Å². The van der Waals surface area contributed by atoms with Crippen LogP contribution in [-0.2, 0) is 14.9 Å². The molecule has 7 heteroatoms. The highest BCUT2D eigenvalue weighted by Crippen LogP contribution is 2.39. The summed E-state index contributed by atoms with van der Waals surface area (Å²) in [5.41, 5.74) is -0.240. The highest BCUT2D eigenvalue weighted by atomic mass is 16.6. The summed E-state index contributed by atoms with van der Waals surface area (Å²) in [4.78, 5) is 21.4. The zero-order valence-electron chi connectivity index (χ0n) is 11.0. The second kappa shape index (κ2) is 5.46. The summed E-state index contributed by atoms with van der Waals surface area (Å²) in [5.74, 6) is -0.592. The predicted octanol–water partition coefficient (Wildman–Crippen LogP) is 1.74. The smallest absolute Gasteiger partial charge is 0.304 e. The average molecular weight is 281 g/mol. The number of non-ortho nitro benzene ring substituents is 1. The summed E-state index contributed by atoms with van der Waals surface area (Å²) in [5, 5.41) is 20.0. The Morgan fingerprint density at radius 2 is 2.20 bits per heavy atom.